The van der Waals surface area contributed by atoms with Crippen LogP contribution in [0.4, 0.5) is 11.4 Å². The Balaban J connectivity index is 2.93. The highest BCUT2D eigenvalue weighted by Crippen LogP contribution is 2.23. The average Bonchev–Trinajstić information content (AvgIpc) is 2.35. The van der Waals surface area contributed by atoms with Crippen molar-refractivity contribution >= 4 is 17.3 Å². The third-order valence-corrected chi connectivity index (χ3v) is 2.78. The van der Waals surface area contributed by atoms with Gasteiger partial charge in [-0.2, -0.15) is 0 Å². The molecule has 0 radical (unpaired) electrons. The largest absolute Gasteiger partial charge is 0.477 e. The lowest BCUT2D eigenvalue weighted by Gasteiger charge is -2.11. The first-order valence-corrected chi connectivity index (χ1v) is 5.71. The van der Waals surface area contributed by atoms with Crippen LogP contribution >= 0.6 is 0 Å². The van der Waals surface area contributed by atoms with Crippen LogP contribution < -0.4 is 5.32 Å². The van der Waals surface area contributed by atoms with E-state index in [2.05, 4.69) is 19.2 Å². The summed E-state index contributed by atoms with van der Waals surface area (Å²) in [5.41, 5.74) is -0.127. The molecule has 1 aromatic rings. The number of hydrogen-bond acceptors (Lipinski definition) is 4. The number of benzene rings is 1. The van der Waals surface area contributed by atoms with Crippen molar-refractivity contribution in [2.45, 2.75) is 20.3 Å². The number of anilines is 1. The van der Waals surface area contributed by atoms with Crippen LogP contribution in [-0.2, 0) is 0 Å². The van der Waals surface area contributed by atoms with Crippen LogP contribution in [0.15, 0.2) is 18.2 Å². The predicted octanol–water partition coefficient (Wildman–Crippen LogP) is 2.75. The quantitative estimate of drug-likeness (QED) is 0.599. The maximum atomic E-state index is 10.8. The molecule has 0 fully saturated rings. The zero-order valence-electron chi connectivity index (χ0n) is 10.3. The van der Waals surface area contributed by atoms with Gasteiger partial charge in [-0.1, -0.05) is 20.3 Å². The first kappa shape index (κ1) is 14.0. The lowest BCUT2D eigenvalue weighted by Crippen LogP contribution is -2.11. The van der Waals surface area contributed by atoms with Crippen molar-refractivity contribution in [1.82, 2.24) is 0 Å². The second-order valence-electron chi connectivity index (χ2n) is 4.19. The van der Waals surface area contributed by atoms with Gasteiger partial charge in [0, 0.05) is 18.3 Å². The Hall–Kier alpha value is -2.11. The molecule has 0 amide bonds. The molecular formula is C12H16N2O4. The Labute approximate surface area is 105 Å². The number of aromatic carboxylic acids is 1. The molecule has 18 heavy (non-hydrogen) atoms. The molecule has 0 aliphatic heterocycles. The SMILES string of the molecule is CCC(C)CNc1ccc(C(=O)O)c([N+](=O)[O-])c1. The third-order valence-electron chi connectivity index (χ3n) is 2.78. The Morgan fingerprint density at radius 3 is 2.72 bits per heavy atom. The van der Waals surface area contributed by atoms with Gasteiger partial charge >= 0.3 is 5.97 Å². The Kier molecular flexibility index (Phi) is 4.65. The van der Waals surface area contributed by atoms with E-state index in [1.165, 1.54) is 12.1 Å². The number of nitro benzene ring substituents is 1. The molecular weight excluding hydrogens is 236 g/mol. The van der Waals surface area contributed by atoms with Gasteiger partial charge in [0.15, 0.2) is 0 Å². The smallest absolute Gasteiger partial charge is 0.342 e. The predicted molar refractivity (Wildman–Crippen MR) is 68.0 cm³/mol. The number of nitro groups is 1. The lowest BCUT2D eigenvalue weighted by molar-refractivity contribution is -0.385. The van der Waals surface area contributed by atoms with Crippen LogP contribution in [0.2, 0.25) is 0 Å². The first-order valence-electron chi connectivity index (χ1n) is 5.71. The van der Waals surface area contributed by atoms with Gasteiger partial charge in [0.05, 0.1) is 4.92 Å². The summed E-state index contributed by atoms with van der Waals surface area (Å²) in [6.45, 7) is 4.81. The summed E-state index contributed by atoms with van der Waals surface area (Å²) in [5.74, 6) is -0.849. The van der Waals surface area contributed by atoms with Crippen LogP contribution in [0.25, 0.3) is 0 Å². The van der Waals surface area contributed by atoms with Gasteiger partial charge in [0.25, 0.3) is 5.69 Å². The average molecular weight is 252 g/mol. The molecule has 0 spiro atoms. The molecule has 0 aliphatic rings. The van der Waals surface area contributed by atoms with Crippen molar-refractivity contribution in [1.29, 1.82) is 0 Å². The number of carboxylic acids is 1. The van der Waals surface area contributed by atoms with Crippen molar-refractivity contribution in [2.75, 3.05) is 11.9 Å². The third kappa shape index (κ3) is 3.44. The maximum absolute atomic E-state index is 10.8. The second-order valence-corrected chi connectivity index (χ2v) is 4.19. The number of nitrogens with one attached hydrogen (secondary N) is 1. The highest BCUT2D eigenvalue weighted by atomic mass is 16.6. The van der Waals surface area contributed by atoms with Crippen LogP contribution in [-0.4, -0.2) is 22.5 Å². The van der Waals surface area contributed by atoms with E-state index in [9.17, 15) is 14.9 Å². The molecule has 0 heterocycles. The van der Waals surface area contributed by atoms with E-state index in [0.717, 1.165) is 6.42 Å². The molecule has 98 valence electrons. The molecule has 2 N–H and O–H groups in total. The fourth-order valence-electron chi connectivity index (χ4n) is 1.41. The standard InChI is InChI=1S/C12H16N2O4/c1-3-8(2)7-13-9-4-5-10(12(15)16)11(6-9)14(17)18/h4-6,8,13H,3,7H2,1-2H3,(H,15,16). The number of carboxylic acid groups (broad SMARTS) is 1. The molecule has 6 nitrogen and oxygen atoms in total. The molecule has 6 heteroatoms. The van der Waals surface area contributed by atoms with Crippen molar-refractivity contribution < 1.29 is 14.8 Å². The minimum Gasteiger partial charge on any atom is -0.477 e. The highest BCUT2D eigenvalue weighted by Gasteiger charge is 2.19. The summed E-state index contributed by atoms with van der Waals surface area (Å²) in [4.78, 5) is 20.9. The number of carbonyl (C=O) groups is 1. The lowest BCUT2D eigenvalue weighted by atomic mass is 10.1. The van der Waals surface area contributed by atoms with Gasteiger partial charge in [-0.25, -0.2) is 4.79 Å². The summed E-state index contributed by atoms with van der Waals surface area (Å²) in [6.07, 6.45) is 1.00. The van der Waals surface area contributed by atoms with Crippen molar-refractivity contribution in [3.8, 4) is 0 Å². The monoisotopic (exact) mass is 252 g/mol. The highest BCUT2D eigenvalue weighted by molar-refractivity contribution is 5.93. The topological polar surface area (TPSA) is 92.5 Å². The van der Waals surface area contributed by atoms with Gasteiger partial charge in [0.2, 0.25) is 0 Å². The normalized spacial score (nSPS) is 11.9. The van der Waals surface area contributed by atoms with Crippen LogP contribution in [0.3, 0.4) is 0 Å². The number of hydrogen-bond donors (Lipinski definition) is 2. The van der Waals surface area contributed by atoms with E-state index < -0.39 is 16.6 Å². The van der Waals surface area contributed by atoms with E-state index >= 15 is 0 Å². The van der Waals surface area contributed by atoms with Gasteiger partial charge in [-0.3, -0.25) is 10.1 Å². The number of nitrogens with zero attached hydrogens (tertiary/aromatic N) is 1. The summed E-state index contributed by atoms with van der Waals surface area (Å²) in [7, 11) is 0. The Morgan fingerprint density at radius 1 is 1.56 bits per heavy atom. The first-order chi connectivity index (χ1) is 8.45. The Bertz CT molecular complexity index is 459. The summed E-state index contributed by atoms with van der Waals surface area (Å²) >= 11 is 0. The second kappa shape index (κ2) is 6.00. The molecule has 1 aromatic carbocycles. The van der Waals surface area contributed by atoms with Gasteiger partial charge < -0.3 is 10.4 Å². The molecule has 0 saturated heterocycles. The molecule has 0 bridgehead atoms. The zero-order chi connectivity index (χ0) is 13.7. The van der Waals surface area contributed by atoms with E-state index in [1.807, 2.05) is 0 Å². The maximum Gasteiger partial charge on any atom is 0.342 e. The minimum absolute atomic E-state index is 0.297. The molecule has 0 aromatic heterocycles. The van der Waals surface area contributed by atoms with Gasteiger partial charge in [-0.15, -0.1) is 0 Å². The number of rotatable bonds is 6. The van der Waals surface area contributed by atoms with E-state index in [1.54, 1.807) is 6.07 Å². The molecule has 0 aliphatic carbocycles. The molecule has 1 rings (SSSR count). The zero-order valence-corrected chi connectivity index (χ0v) is 10.3. The van der Waals surface area contributed by atoms with Crippen LogP contribution in [0.1, 0.15) is 30.6 Å². The minimum atomic E-state index is -1.30. The molecule has 0 saturated carbocycles. The fourth-order valence-corrected chi connectivity index (χ4v) is 1.41. The van der Waals surface area contributed by atoms with Crippen LogP contribution in [0.5, 0.6) is 0 Å². The fraction of sp³-hybridized carbons (Fsp3) is 0.417. The molecule has 1 unspecified atom stereocenters. The summed E-state index contributed by atoms with van der Waals surface area (Å²) < 4.78 is 0. The van der Waals surface area contributed by atoms with Crippen molar-refractivity contribution in [3.63, 3.8) is 0 Å². The van der Waals surface area contributed by atoms with E-state index in [-0.39, 0.29) is 5.56 Å². The summed E-state index contributed by atoms with van der Waals surface area (Å²) in [6, 6.07) is 4.05. The van der Waals surface area contributed by atoms with Crippen molar-refractivity contribution in [2.24, 2.45) is 5.92 Å². The van der Waals surface area contributed by atoms with Gasteiger partial charge in [-0.05, 0) is 18.1 Å². The Morgan fingerprint density at radius 2 is 2.22 bits per heavy atom. The van der Waals surface area contributed by atoms with E-state index in [4.69, 9.17) is 5.11 Å². The van der Waals surface area contributed by atoms with E-state index in [0.29, 0.717) is 18.2 Å². The van der Waals surface area contributed by atoms with Gasteiger partial charge in [0.1, 0.15) is 5.56 Å². The molecule has 1 atom stereocenters. The van der Waals surface area contributed by atoms with Crippen LogP contribution in [0, 0.1) is 16.0 Å². The van der Waals surface area contributed by atoms with Crippen molar-refractivity contribution in [3.05, 3.63) is 33.9 Å². The summed E-state index contributed by atoms with van der Waals surface area (Å²) in [5, 5.41) is 22.7.